The predicted octanol–water partition coefficient (Wildman–Crippen LogP) is 2.61. The molecule has 1 aliphatic carbocycles. The van der Waals surface area contributed by atoms with Crippen LogP contribution in [0.15, 0.2) is 53.3 Å². The van der Waals surface area contributed by atoms with Gasteiger partial charge in [0.25, 0.3) is 0 Å². The van der Waals surface area contributed by atoms with Crippen LogP contribution in [0.3, 0.4) is 0 Å². The smallest absolute Gasteiger partial charge is 0.249 e. The van der Waals surface area contributed by atoms with E-state index < -0.39 is 10.0 Å². The van der Waals surface area contributed by atoms with Gasteiger partial charge in [0.1, 0.15) is 5.82 Å². The number of benzene rings is 1. The molecule has 7 nitrogen and oxygen atoms in total. The summed E-state index contributed by atoms with van der Waals surface area (Å²) in [5, 5.41) is 0. The van der Waals surface area contributed by atoms with Crippen LogP contribution in [0, 0.1) is 0 Å². The van der Waals surface area contributed by atoms with E-state index in [0.29, 0.717) is 31.3 Å². The van der Waals surface area contributed by atoms with Crippen LogP contribution in [-0.2, 0) is 14.8 Å². The van der Waals surface area contributed by atoms with Crippen LogP contribution in [-0.4, -0.2) is 51.0 Å². The average molecular weight is 446 g/mol. The molecule has 1 aromatic carbocycles. The Morgan fingerprint density at radius 3 is 2.45 bits per heavy atom. The molecule has 1 saturated carbocycles. The summed E-state index contributed by atoms with van der Waals surface area (Å²) in [6.07, 6.45) is 6.22. The summed E-state index contributed by atoms with van der Waals surface area (Å²) in [7, 11) is -3.34. The van der Waals surface area contributed by atoms with Crippen molar-refractivity contribution in [3.05, 3.63) is 64.4 Å². The largest absolute Gasteiger partial charge is 0.376 e. The van der Waals surface area contributed by atoms with Gasteiger partial charge in [-0.2, -0.15) is 0 Å². The highest BCUT2D eigenvalue weighted by molar-refractivity contribution is 7.88. The molecule has 2 aromatic rings. The molecule has 168 valence electrons. The monoisotopic (exact) mass is 445 g/mol. The quantitative estimate of drug-likeness (QED) is 0.684. The Labute approximate surface area is 183 Å². The second-order valence-corrected chi connectivity index (χ2v) is 10.4. The number of nitrogens with one attached hydrogen (secondary N) is 2. The first kappa shape index (κ1) is 22.0. The summed E-state index contributed by atoms with van der Waals surface area (Å²) in [4.78, 5) is 16.7. The van der Waals surface area contributed by atoms with Crippen molar-refractivity contribution in [3.8, 4) is 0 Å². The van der Waals surface area contributed by atoms with E-state index in [9.17, 15) is 13.2 Å². The number of nitrogens with zero attached hydrogens (tertiary/aromatic N) is 1. The number of pyridine rings is 1. The fraction of sp³-hybridized carbons (Fsp3) is 0.522. The average Bonchev–Trinajstić information content (AvgIpc) is 3.14. The van der Waals surface area contributed by atoms with E-state index in [1.165, 1.54) is 17.9 Å². The maximum atomic E-state index is 11.9. The van der Waals surface area contributed by atoms with Gasteiger partial charge in [0.15, 0.2) is 0 Å². The standard InChI is InChI=1S/C23H31N3O4S/c1-31(28,29)25-20-14-15-26(22-8-5-9-23(27)24-22)21(20)16-30-19-12-10-18(11-13-19)17-6-3-2-4-7-17/h2-9,18-21,25H,10-16H2,1H3,(H,24,27)/t18-,19+,20-,21-/m0/s1. The molecule has 2 aliphatic rings. The number of aromatic amines is 1. The highest BCUT2D eigenvalue weighted by atomic mass is 32.2. The van der Waals surface area contributed by atoms with Crippen LogP contribution in [0.2, 0.25) is 0 Å². The van der Waals surface area contributed by atoms with Crippen LogP contribution in [0.5, 0.6) is 0 Å². The van der Waals surface area contributed by atoms with Crippen molar-refractivity contribution in [2.24, 2.45) is 0 Å². The van der Waals surface area contributed by atoms with Crippen molar-refractivity contribution in [3.63, 3.8) is 0 Å². The molecule has 0 unspecified atom stereocenters. The third-order valence-electron chi connectivity index (χ3n) is 6.42. The highest BCUT2D eigenvalue weighted by Gasteiger charge is 2.37. The van der Waals surface area contributed by atoms with Crippen LogP contribution in [0.1, 0.15) is 43.6 Å². The van der Waals surface area contributed by atoms with E-state index in [4.69, 9.17) is 4.74 Å². The lowest BCUT2D eigenvalue weighted by Gasteiger charge is -2.33. The zero-order valence-electron chi connectivity index (χ0n) is 17.9. The minimum Gasteiger partial charge on any atom is -0.376 e. The summed E-state index contributed by atoms with van der Waals surface area (Å²) in [5.41, 5.74) is 1.23. The third-order valence-corrected chi connectivity index (χ3v) is 7.15. The number of hydrogen-bond acceptors (Lipinski definition) is 5. The minimum absolute atomic E-state index is 0.167. The zero-order chi connectivity index (χ0) is 21.8. The lowest BCUT2D eigenvalue weighted by Crippen LogP contribution is -2.48. The third kappa shape index (κ3) is 5.75. The number of ether oxygens (including phenoxy) is 1. The van der Waals surface area contributed by atoms with Gasteiger partial charge in [-0.3, -0.25) is 4.79 Å². The molecule has 0 bridgehead atoms. The summed E-state index contributed by atoms with van der Waals surface area (Å²) < 4.78 is 32.8. The Morgan fingerprint density at radius 2 is 1.77 bits per heavy atom. The number of aromatic nitrogens is 1. The number of rotatable bonds is 7. The lowest BCUT2D eigenvalue weighted by atomic mass is 9.83. The number of hydrogen-bond donors (Lipinski definition) is 2. The molecule has 2 N–H and O–H groups in total. The second-order valence-electron chi connectivity index (χ2n) is 8.66. The summed E-state index contributed by atoms with van der Waals surface area (Å²) in [5.74, 6) is 1.28. The number of anilines is 1. The highest BCUT2D eigenvalue weighted by Crippen LogP contribution is 2.34. The Hall–Kier alpha value is -2.16. The molecule has 1 aliphatic heterocycles. The molecule has 0 radical (unpaired) electrons. The molecule has 0 spiro atoms. The first-order valence-corrected chi connectivity index (χ1v) is 12.9. The predicted molar refractivity (Wildman–Crippen MR) is 122 cm³/mol. The van der Waals surface area contributed by atoms with Gasteiger partial charge < -0.3 is 14.6 Å². The maximum Gasteiger partial charge on any atom is 0.249 e. The van der Waals surface area contributed by atoms with E-state index in [1.54, 1.807) is 6.07 Å². The summed E-state index contributed by atoms with van der Waals surface area (Å²) >= 11 is 0. The van der Waals surface area contributed by atoms with Gasteiger partial charge in [0, 0.05) is 18.7 Å². The maximum absolute atomic E-state index is 11.9. The fourth-order valence-corrected chi connectivity index (χ4v) is 5.72. The van der Waals surface area contributed by atoms with Gasteiger partial charge in [0.2, 0.25) is 15.6 Å². The van der Waals surface area contributed by atoms with Gasteiger partial charge in [-0.1, -0.05) is 36.4 Å². The van der Waals surface area contributed by atoms with Crippen molar-refractivity contribution >= 4 is 15.8 Å². The Kier molecular flexibility index (Phi) is 6.79. The van der Waals surface area contributed by atoms with Crippen molar-refractivity contribution < 1.29 is 13.2 Å². The summed E-state index contributed by atoms with van der Waals surface area (Å²) in [6, 6.07) is 15.3. The van der Waals surface area contributed by atoms with Gasteiger partial charge in [-0.25, -0.2) is 13.1 Å². The number of sulfonamides is 1. The molecule has 2 heterocycles. The van der Waals surface area contributed by atoms with Gasteiger partial charge in [0.05, 0.1) is 25.0 Å². The SMILES string of the molecule is CS(=O)(=O)N[C@H]1CCN(c2cccc(=O)[nH]2)[C@H]1CO[C@H]1CC[C@@H](c2ccccc2)CC1. The van der Waals surface area contributed by atoms with Gasteiger partial charge in [-0.15, -0.1) is 0 Å². The first-order chi connectivity index (χ1) is 14.9. The molecular formula is C23H31N3O4S. The molecule has 31 heavy (non-hydrogen) atoms. The summed E-state index contributed by atoms with van der Waals surface area (Å²) in [6.45, 7) is 1.08. The van der Waals surface area contributed by atoms with Crippen molar-refractivity contribution in [1.29, 1.82) is 0 Å². The normalized spacial score (nSPS) is 26.8. The van der Waals surface area contributed by atoms with Crippen LogP contribution in [0.4, 0.5) is 5.82 Å². The molecular weight excluding hydrogens is 414 g/mol. The van der Waals surface area contributed by atoms with Gasteiger partial charge >= 0.3 is 0 Å². The van der Waals surface area contributed by atoms with E-state index in [-0.39, 0.29) is 23.7 Å². The van der Waals surface area contributed by atoms with E-state index in [2.05, 4.69) is 38.9 Å². The molecule has 8 heteroatoms. The molecule has 2 atom stereocenters. The van der Waals surface area contributed by atoms with Crippen LogP contribution in [0.25, 0.3) is 0 Å². The minimum atomic E-state index is -3.34. The molecule has 1 aromatic heterocycles. The van der Waals surface area contributed by atoms with E-state index >= 15 is 0 Å². The molecule has 0 amide bonds. The molecule has 1 saturated heterocycles. The Bertz CT molecular complexity index is 1020. The zero-order valence-corrected chi connectivity index (χ0v) is 18.7. The van der Waals surface area contributed by atoms with E-state index in [0.717, 1.165) is 25.7 Å². The molecule has 2 fully saturated rings. The van der Waals surface area contributed by atoms with Gasteiger partial charge in [-0.05, 0) is 49.7 Å². The first-order valence-electron chi connectivity index (χ1n) is 11.0. The van der Waals surface area contributed by atoms with Crippen molar-refractivity contribution in [2.75, 3.05) is 24.3 Å². The Balaban J connectivity index is 1.40. The fourth-order valence-electron chi connectivity index (χ4n) is 4.90. The Morgan fingerprint density at radius 1 is 1.03 bits per heavy atom. The van der Waals surface area contributed by atoms with Crippen molar-refractivity contribution in [2.45, 2.75) is 56.2 Å². The lowest BCUT2D eigenvalue weighted by molar-refractivity contribution is 0.0156. The topological polar surface area (TPSA) is 91.5 Å². The van der Waals surface area contributed by atoms with Crippen LogP contribution >= 0.6 is 0 Å². The second kappa shape index (κ2) is 9.54. The van der Waals surface area contributed by atoms with Crippen LogP contribution < -0.4 is 15.2 Å². The number of H-pyrrole nitrogens is 1. The van der Waals surface area contributed by atoms with E-state index in [1.807, 2.05) is 12.1 Å². The van der Waals surface area contributed by atoms with Crippen molar-refractivity contribution in [1.82, 2.24) is 9.71 Å². The molecule has 4 rings (SSSR count).